The van der Waals surface area contributed by atoms with Gasteiger partial charge < -0.3 is 5.11 Å². The van der Waals surface area contributed by atoms with Gasteiger partial charge >= 0.3 is 0 Å². The van der Waals surface area contributed by atoms with E-state index in [1.165, 1.54) is 12.8 Å². The van der Waals surface area contributed by atoms with Crippen molar-refractivity contribution in [2.45, 2.75) is 96.5 Å². The van der Waals surface area contributed by atoms with Crippen molar-refractivity contribution < 1.29 is 18.3 Å². The van der Waals surface area contributed by atoms with Crippen LogP contribution in [0.3, 0.4) is 0 Å². The van der Waals surface area contributed by atoms with Crippen molar-refractivity contribution in [3.8, 4) is 0 Å². The summed E-state index contributed by atoms with van der Waals surface area (Å²) in [6.07, 6.45) is 18.3. The highest BCUT2D eigenvalue weighted by Gasteiger charge is 2.07. The van der Waals surface area contributed by atoms with Crippen molar-refractivity contribution in [3.63, 3.8) is 0 Å². The maximum Gasteiger partial charge on any atom is 0.233 e. The summed E-state index contributed by atoms with van der Waals surface area (Å²) < 4.78 is 23.7. The molecule has 6 heteroatoms. The van der Waals surface area contributed by atoms with Gasteiger partial charge in [-0.1, -0.05) is 51.2 Å². The second-order valence-corrected chi connectivity index (χ2v) is 8.52. The number of carbonyl (C=O) groups excluding carboxylic acids is 1. The van der Waals surface area contributed by atoms with Crippen molar-refractivity contribution in [1.29, 1.82) is 0 Å². The summed E-state index contributed by atoms with van der Waals surface area (Å²) in [6.45, 7) is 2.02. The van der Waals surface area contributed by atoms with Crippen LogP contribution in [-0.4, -0.2) is 31.8 Å². The predicted octanol–water partition coefficient (Wildman–Crippen LogP) is 4.07. The number of allylic oxidation sites excluding steroid dienone is 2. The van der Waals surface area contributed by atoms with Gasteiger partial charge in [-0.05, 0) is 44.9 Å². The second kappa shape index (κ2) is 15.4. The van der Waals surface area contributed by atoms with E-state index in [2.05, 4.69) is 12.2 Å². The van der Waals surface area contributed by atoms with Crippen LogP contribution in [0.2, 0.25) is 0 Å². The predicted molar refractivity (Wildman–Crippen MR) is 104 cm³/mol. The molecule has 1 atom stereocenters. The summed E-state index contributed by atoms with van der Waals surface area (Å²) >= 11 is 0. The molecule has 0 aromatic rings. The Bertz CT molecular complexity index is 460. The third kappa shape index (κ3) is 19.3. The molecule has 1 amide bonds. The Kier molecular flexibility index (Phi) is 14.8. The van der Waals surface area contributed by atoms with Gasteiger partial charge in [0.25, 0.3) is 0 Å². The number of hydrogen-bond donors (Lipinski definition) is 2. The Morgan fingerprint density at radius 2 is 1.48 bits per heavy atom. The Morgan fingerprint density at radius 1 is 0.960 bits per heavy atom. The smallest absolute Gasteiger partial charge is 0.233 e. The van der Waals surface area contributed by atoms with Crippen LogP contribution in [0.5, 0.6) is 0 Å². The van der Waals surface area contributed by atoms with Gasteiger partial charge in [0.1, 0.15) is 0 Å². The first-order chi connectivity index (χ1) is 11.8. The van der Waals surface area contributed by atoms with Gasteiger partial charge in [-0.25, -0.2) is 8.42 Å². The molecule has 5 nitrogen and oxygen atoms in total. The second-order valence-electron chi connectivity index (χ2n) is 6.78. The molecule has 0 aromatic carbocycles. The quantitative estimate of drug-likeness (QED) is 0.315. The Hall–Kier alpha value is -0.880. The molecule has 0 aromatic heterocycles. The largest absolute Gasteiger partial charge is 0.393 e. The minimum atomic E-state index is -3.41. The van der Waals surface area contributed by atoms with Crippen LogP contribution in [0.25, 0.3) is 0 Å². The van der Waals surface area contributed by atoms with Crippen LogP contribution in [0.1, 0.15) is 90.4 Å². The summed E-state index contributed by atoms with van der Waals surface area (Å²) in [7, 11) is -3.41. The number of rotatable bonds is 16. The van der Waals surface area contributed by atoms with E-state index in [1.54, 1.807) is 0 Å². The molecule has 25 heavy (non-hydrogen) atoms. The van der Waals surface area contributed by atoms with Gasteiger partial charge in [-0.15, -0.1) is 0 Å². The molecule has 0 fully saturated rings. The van der Waals surface area contributed by atoms with E-state index in [0.29, 0.717) is 0 Å². The van der Waals surface area contributed by atoms with E-state index in [4.69, 9.17) is 0 Å². The first-order valence-electron chi connectivity index (χ1n) is 9.69. The number of nitrogens with one attached hydrogen (secondary N) is 1. The minimum absolute atomic E-state index is 0.121. The maximum absolute atomic E-state index is 11.3. The molecular formula is C19H37NO4S. The number of aliphatic hydroxyl groups excluding tert-OH is 1. The lowest BCUT2D eigenvalue weighted by Gasteiger charge is -2.05. The normalized spacial score (nSPS) is 13.2. The van der Waals surface area contributed by atoms with Gasteiger partial charge in [0.15, 0.2) is 0 Å². The van der Waals surface area contributed by atoms with E-state index in [-0.39, 0.29) is 12.5 Å². The zero-order chi connectivity index (χ0) is 19.0. The lowest BCUT2D eigenvalue weighted by Crippen LogP contribution is -2.28. The average Bonchev–Trinajstić information content (AvgIpc) is 2.53. The van der Waals surface area contributed by atoms with Crippen LogP contribution in [0, 0.1) is 0 Å². The molecule has 0 saturated heterocycles. The lowest BCUT2D eigenvalue weighted by molar-refractivity contribution is -0.119. The fraction of sp³-hybridized carbons (Fsp3) is 0.842. The molecule has 0 rings (SSSR count). The minimum Gasteiger partial charge on any atom is -0.393 e. The monoisotopic (exact) mass is 375 g/mol. The van der Waals surface area contributed by atoms with Crippen molar-refractivity contribution in [3.05, 3.63) is 12.2 Å². The summed E-state index contributed by atoms with van der Waals surface area (Å²) in [4.78, 5) is 11.3. The summed E-state index contributed by atoms with van der Waals surface area (Å²) in [5.41, 5.74) is 0. The van der Waals surface area contributed by atoms with Crippen molar-refractivity contribution in [2.75, 3.05) is 6.26 Å². The highest BCUT2D eigenvalue weighted by molar-refractivity contribution is 7.89. The third-order valence-corrected chi connectivity index (χ3v) is 4.72. The fourth-order valence-electron chi connectivity index (χ4n) is 2.59. The topological polar surface area (TPSA) is 83.5 Å². The molecule has 148 valence electrons. The first kappa shape index (κ1) is 24.1. The zero-order valence-corrected chi connectivity index (χ0v) is 16.8. The lowest BCUT2D eigenvalue weighted by atomic mass is 10.1. The van der Waals surface area contributed by atoms with E-state index in [1.807, 2.05) is 11.6 Å². The zero-order valence-electron chi connectivity index (χ0n) is 16.0. The molecule has 0 bridgehead atoms. The van der Waals surface area contributed by atoms with Crippen molar-refractivity contribution in [2.24, 2.45) is 0 Å². The van der Waals surface area contributed by atoms with Gasteiger partial charge in [0.05, 0.1) is 12.4 Å². The molecule has 0 radical (unpaired) electrons. The highest BCUT2D eigenvalue weighted by Crippen LogP contribution is 2.10. The van der Waals surface area contributed by atoms with Gasteiger partial charge in [0.2, 0.25) is 15.9 Å². The van der Waals surface area contributed by atoms with E-state index in [9.17, 15) is 18.3 Å². The molecular weight excluding hydrogens is 338 g/mol. The third-order valence-electron chi connectivity index (χ3n) is 4.12. The van der Waals surface area contributed by atoms with Gasteiger partial charge in [-0.2, -0.15) is 0 Å². The standard InChI is InChI=1S/C19H37NO4S/c1-3-18(21)16-14-12-10-8-6-4-5-7-9-11-13-15-17-19(22)20-25(2,23)24/h4,6,18,21H,3,5,7-17H2,1-2H3,(H,20,22)/b6-4-/t18-/m1/s1. The molecule has 0 aliphatic heterocycles. The molecule has 2 N–H and O–H groups in total. The van der Waals surface area contributed by atoms with Crippen molar-refractivity contribution in [1.82, 2.24) is 4.72 Å². The number of aliphatic hydroxyl groups is 1. The van der Waals surface area contributed by atoms with E-state index < -0.39 is 15.9 Å². The molecule has 0 heterocycles. The Balaban J connectivity index is 3.31. The Morgan fingerprint density at radius 3 is 2.04 bits per heavy atom. The van der Waals surface area contributed by atoms with E-state index in [0.717, 1.165) is 70.5 Å². The van der Waals surface area contributed by atoms with Crippen LogP contribution in [0.15, 0.2) is 12.2 Å². The highest BCUT2D eigenvalue weighted by atomic mass is 32.2. The number of carbonyl (C=O) groups is 1. The Labute approximate surface area is 154 Å². The number of amides is 1. The average molecular weight is 376 g/mol. The number of unbranched alkanes of at least 4 members (excludes halogenated alkanes) is 8. The molecule has 0 aliphatic rings. The fourth-order valence-corrected chi connectivity index (χ4v) is 3.11. The first-order valence-corrected chi connectivity index (χ1v) is 11.6. The van der Waals surface area contributed by atoms with E-state index >= 15 is 0 Å². The van der Waals surface area contributed by atoms with Crippen LogP contribution < -0.4 is 4.72 Å². The molecule has 0 aliphatic carbocycles. The van der Waals surface area contributed by atoms with Crippen LogP contribution in [-0.2, 0) is 14.8 Å². The molecule has 0 unspecified atom stereocenters. The van der Waals surface area contributed by atoms with Gasteiger partial charge in [-0.3, -0.25) is 9.52 Å². The van der Waals surface area contributed by atoms with Crippen LogP contribution >= 0.6 is 0 Å². The number of hydrogen-bond acceptors (Lipinski definition) is 4. The molecule has 0 saturated carbocycles. The van der Waals surface area contributed by atoms with Crippen molar-refractivity contribution >= 4 is 15.9 Å². The summed E-state index contributed by atoms with van der Waals surface area (Å²) in [5, 5.41) is 9.45. The van der Waals surface area contributed by atoms with Gasteiger partial charge in [0, 0.05) is 6.42 Å². The maximum atomic E-state index is 11.3. The summed E-state index contributed by atoms with van der Waals surface area (Å²) in [5.74, 6) is -0.408. The molecule has 0 spiro atoms. The summed E-state index contributed by atoms with van der Waals surface area (Å²) in [6, 6.07) is 0. The number of sulfonamides is 1. The van der Waals surface area contributed by atoms with Crippen LogP contribution in [0.4, 0.5) is 0 Å². The SMILES string of the molecule is CC[C@@H](O)CCCCC/C=C\CCCCCCCC(=O)NS(C)(=O)=O.